The van der Waals surface area contributed by atoms with Crippen LogP contribution in [0.15, 0.2) is 35.2 Å². The Morgan fingerprint density at radius 2 is 1.72 bits per heavy atom. The first-order chi connectivity index (χ1) is 11.7. The van der Waals surface area contributed by atoms with Gasteiger partial charge in [0.05, 0.1) is 0 Å². The van der Waals surface area contributed by atoms with Crippen LogP contribution in [-0.2, 0) is 21.3 Å². The molecule has 0 saturated carbocycles. The molecule has 0 spiro atoms. The summed E-state index contributed by atoms with van der Waals surface area (Å²) in [5, 5.41) is 0. The number of nitrogens with zero attached hydrogens (tertiary/aromatic N) is 1. The van der Waals surface area contributed by atoms with Crippen LogP contribution in [0.5, 0.6) is 5.75 Å². The van der Waals surface area contributed by atoms with E-state index in [0.29, 0.717) is 18.7 Å². The summed E-state index contributed by atoms with van der Waals surface area (Å²) >= 11 is 0. The molecule has 3 rings (SSSR count). The Balaban J connectivity index is 1.96. The third kappa shape index (κ3) is 3.26. The average Bonchev–Trinajstić information content (AvgIpc) is 2.94. The third-order valence-corrected chi connectivity index (χ3v) is 5.63. The molecule has 0 aliphatic carbocycles. The summed E-state index contributed by atoms with van der Waals surface area (Å²) < 4.78 is 30.8. The van der Waals surface area contributed by atoms with Crippen molar-refractivity contribution in [2.45, 2.75) is 39.0 Å². The molecule has 0 N–H and O–H groups in total. The minimum absolute atomic E-state index is 0.0449. The number of hydrogen-bond donors (Lipinski definition) is 0. The van der Waals surface area contributed by atoms with Gasteiger partial charge in [0.1, 0.15) is 10.6 Å². The minimum Gasteiger partial charge on any atom is -0.378 e. The Kier molecular flexibility index (Phi) is 4.33. The molecule has 1 aliphatic heterocycles. The Hall–Kier alpha value is -2.34. The molecule has 0 bridgehead atoms. The maximum absolute atomic E-state index is 12.7. The van der Waals surface area contributed by atoms with E-state index in [2.05, 4.69) is 0 Å². The van der Waals surface area contributed by atoms with Crippen molar-refractivity contribution < 1.29 is 17.4 Å². The lowest BCUT2D eigenvalue weighted by molar-refractivity contribution is -0.116. The van der Waals surface area contributed by atoms with Gasteiger partial charge in [-0.15, -0.1) is 0 Å². The smallest absolute Gasteiger partial charge is 0.339 e. The topological polar surface area (TPSA) is 63.7 Å². The normalized spacial score (nSPS) is 13.7. The molecule has 1 heterocycles. The van der Waals surface area contributed by atoms with E-state index in [1.54, 1.807) is 17.0 Å². The van der Waals surface area contributed by atoms with Gasteiger partial charge in [0, 0.05) is 19.2 Å². The number of benzene rings is 2. The highest BCUT2D eigenvalue weighted by Gasteiger charge is 2.26. The minimum atomic E-state index is -3.93. The van der Waals surface area contributed by atoms with Crippen LogP contribution in [-0.4, -0.2) is 20.9 Å². The van der Waals surface area contributed by atoms with Gasteiger partial charge in [0.25, 0.3) is 0 Å². The van der Waals surface area contributed by atoms with Crippen molar-refractivity contribution in [3.05, 3.63) is 52.6 Å². The first-order valence-corrected chi connectivity index (χ1v) is 9.53. The lowest BCUT2D eigenvalue weighted by atomic mass is 10.1. The standard InChI is InChI=1S/C19H21NO4S/c1-12-9-13(2)19(14(3)10-12)24-25(22,23)17-5-6-18-16(11-17)7-8-20(18)15(4)21/h5-6,9-11H,7-8H2,1-4H3. The molecule has 25 heavy (non-hydrogen) atoms. The molecule has 2 aromatic carbocycles. The quantitative estimate of drug-likeness (QED) is 0.789. The zero-order valence-electron chi connectivity index (χ0n) is 14.8. The number of anilines is 1. The second kappa shape index (κ2) is 6.19. The number of rotatable bonds is 3. The van der Waals surface area contributed by atoms with Crippen molar-refractivity contribution in [1.82, 2.24) is 0 Å². The van der Waals surface area contributed by atoms with Crippen molar-refractivity contribution in [2.75, 3.05) is 11.4 Å². The van der Waals surface area contributed by atoms with E-state index in [-0.39, 0.29) is 10.8 Å². The lowest BCUT2D eigenvalue weighted by Crippen LogP contribution is -2.25. The van der Waals surface area contributed by atoms with Crippen molar-refractivity contribution in [3.8, 4) is 5.75 Å². The molecule has 0 aromatic heterocycles. The first kappa shape index (κ1) is 17.5. The molecule has 0 saturated heterocycles. The van der Waals surface area contributed by atoms with E-state index >= 15 is 0 Å². The van der Waals surface area contributed by atoms with Crippen LogP contribution < -0.4 is 9.08 Å². The van der Waals surface area contributed by atoms with E-state index < -0.39 is 10.1 Å². The fourth-order valence-electron chi connectivity index (χ4n) is 3.32. The zero-order valence-corrected chi connectivity index (χ0v) is 15.6. The van der Waals surface area contributed by atoms with E-state index in [4.69, 9.17) is 4.18 Å². The summed E-state index contributed by atoms with van der Waals surface area (Å²) in [4.78, 5) is 13.4. The van der Waals surface area contributed by atoms with Gasteiger partial charge in [-0.05, 0) is 62.1 Å². The Morgan fingerprint density at radius 3 is 2.32 bits per heavy atom. The number of fused-ring (bicyclic) bond motifs is 1. The summed E-state index contributed by atoms with van der Waals surface area (Å²) in [6.45, 7) is 7.70. The van der Waals surface area contributed by atoms with Crippen LogP contribution >= 0.6 is 0 Å². The van der Waals surface area contributed by atoms with Gasteiger partial charge in [-0.2, -0.15) is 8.42 Å². The molecule has 132 valence electrons. The molecule has 0 atom stereocenters. The van der Waals surface area contributed by atoms with Gasteiger partial charge in [0.2, 0.25) is 5.91 Å². The summed E-state index contributed by atoms with van der Waals surface area (Å²) in [6, 6.07) is 8.56. The number of carbonyl (C=O) groups is 1. The van der Waals surface area contributed by atoms with Crippen LogP contribution in [0.25, 0.3) is 0 Å². The highest BCUT2D eigenvalue weighted by atomic mass is 32.2. The number of hydrogen-bond acceptors (Lipinski definition) is 4. The third-order valence-electron chi connectivity index (χ3n) is 4.41. The van der Waals surface area contributed by atoms with Crippen molar-refractivity contribution in [3.63, 3.8) is 0 Å². The van der Waals surface area contributed by atoms with E-state index in [9.17, 15) is 13.2 Å². The van der Waals surface area contributed by atoms with Crippen LogP contribution in [0.3, 0.4) is 0 Å². The van der Waals surface area contributed by atoms with Crippen LogP contribution in [0.1, 0.15) is 29.2 Å². The summed E-state index contributed by atoms with van der Waals surface area (Å²) in [6.07, 6.45) is 0.640. The molecule has 2 aromatic rings. The summed E-state index contributed by atoms with van der Waals surface area (Å²) in [5.41, 5.74) is 4.24. The zero-order chi connectivity index (χ0) is 18.4. The van der Waals surface area contributed by atoms with Crippen molar-refractivity contribution >= 4 is 21.7 Å². The Bertz CT molecular complexity index is 940. The van der Waals surface area contributed by atoms with Crippen molar-refractivity contribution in [1.29, 1.82) is 0 Å². The SMILES string of the molecule is CC(=O)N1CCc2cc(S(=O)(=O)Oc3c(C)cc(C)cc3C)ccc21. The monoisotopic (exact) mass is 359 g/mol. The molecule has 1 aliphatic rings. The van der Waals surface area contributed by atoms with Crippen LogP contribution in [0.4, 0.5) is 5.69 Å². The summed E-state index contributed by atoms with van der Waals surface area (Å²) in [5.74, 6) is 0.327. The van der Waals surface area contributed by atoms with E-state index in [1.165, 1.54) is 13.0 Å². The van der Waals surface area contributed by atoms with Gasteiger partial charge < -0.3 is 9.08 Å². The fraction of sp³-hybridized carbons (Fsp3) is 0.316. The van der Waals surface area contributed by atoms with Gasteiger partial charge in [-0.1, -0.05) is 17.7 Å². The molecule has 0 fully saturated rings. The van der Waals surface area contributed by atoms with Crippen LogP contribution in [0.2, 0.25) is 0 Å². The van der Waals surface area contributed by atoms with Crippen molar-refractivity contribution in [2.24, 2.45) is 0 Å². The molecule has 0 unspecified atom stereocenters. The number of carbonyl (C=O) groups excluding carboxylic acids is 1. The molecule has 0 radical (unpaired) electrons. The number of amides is 1. The fourth-order valence-corrected chi connectivity index (χ4v) is 4.42. The van der Waals surface area contributed by atoms with Gasteiger partial charge >= 0.3 is 10.1 Å². The Labute approximate surface area is 148 Å². The second-order valence-electron chi connectivity index (χ2n) is 6.48. The second-order valence-corrected chi connectivity index (χ2v) is 8.02. The molecular formula is C19H21NO4S. The van der Waals surface area contributed by atoms with Gasteiger partial charge in [0.15, 0.2) is 0 Å². The maximum Gasteiger partial charge on any atom is 0.339 e. The highest BCUT2D eigenvalue weighted by molar-refractivity contribution is 7.87. The summed E-state index contributed by atoms with van der Waals surface area (Å²) in [7, 11) is -3.93. The van der Waals surface area contributed by atoms with Crippen LogP contribution in [0, 0.1) is 20.8 Å². The lowest BCUT2D eigenvalue weighted by Gasteiger charge is -2.16. The van der Waals surface area contributed by atoms with Gasteiger partial charge in [-0.25, -0.2) is 0 Å². The molecular weight excluding hydrogens is 338 g/mol. The maximum atomic E-state index is 12.7. The largest absolute Gasteiger partial charge is 0.378 e. The van der Waals surface area contributed by atoms with E-state index in [1.807, 2.05) is 32.9 Å². The predicted molar refractivity (Wildman–Crippen MR) is 96.6 cm³/mol. The predicted octanol–water partition coefficient (Wildman–Crippen LogP) is 3.29. The van der Waals surface area contributed by atoms with Gasteiger partial charge in [-0.3, -0.25) is 4.79 Å². The molecule has 1 amide bonds. The first-order valence-electron chi connectivity index (χ1n) is 8.12. The highest BCUT2D eigenvalue weighted by Crippen LogP contribution is 2.32. The molecule has 6 heteroatoms. The van der Waals surface area contributed by atoms with E-state index in [0.717, 1.165) is 27.9 Å². The average molecular weight is 359 g/mol. The number of aryl methyl sites for hydroxylation is 3. The Morgan fingerprint density at radius 1 is 1.08 bits per heavy atom. The molecule has 5 nitrogen and oxygen atoms in total.